The summed E-state index contributed by atoms with van der Waals surface area (Å²) in [5, 5.41) is 12.9. The highest BCUT2D eigenvalue weighted by atomic mass is 32.1. The number of aromatic nitrogens is 1. The van der Waals surface area contributed by atoms with Gasteiger partial charge < -0.3 is 15.6 Å². The lowest BCUT2D eigenvalue weighted by molar-refractivity contribution is -0.122. The quantitative estimate of drug-likeness (QED) is 0.140. The fourth-order valence-electron chi connectivity index (χ4n) is 4.36. The van der Waals surface area contributed by atoms with Gasteiger partial charge in [0.05, 0.1) is 6.21 Å². The van der Waals surface area contributed by atoms with Crippen LogP contribution in [0.15, 0.2) is 108 Å². The van der Waals surface area contributed by atoms with E-state index in [1.54, 1.807) is 17.6 Å². The smallest absolute Gasteiger partial charge is 0.335 e. The first-order valence-corrected chi connectivity index (χ1v) is 13.6. The lowest BCUT2D eigenvalue weighted by Crippen LogP contribution is -2.50. The molecule has 0 saturated carbocycles. The summed E-state index contributed by atoms with van der Waals surface area (Å²) in [4.78, 5) is 30.3. The van der Waals surface area contributed by atoms with Gasteiger partial charge >= 0.3 is 6.03 Å². The number of rotatable bonds is 10. The van der Waals surface area contributed by atoms with Gasteiger partial charge in [0.1, 0.15) is 6.04 Å². The van der Waals surface area contributed by atoms with E-state index in [9.17, 15) is 9.59 Å². The predicted molar refractivity (Wildman–Crippen MR) is 158 cm³/mol. The summed E-state index contributed by atoms with van der Waals surface area (Å²) in [7, 11) is 0. The third-order valence-corrected chi connectivity index (χ3v) is 7.29. The number of amides is 3. The van der Waals surface area contributed by atoms with Gasteiger partial charge in [-0.1, -0.05) is 78.9 Å². The highest BCUT2D eigenvalue weighted by molar-refractivity contribution is 7.13. The van der Waals surface area contributed by atoms with E-state index in [4.69, 9.17) is 0 Å². The molecule has 0 saturated heterocycles. The van der Waals surface area contributed by atoms with Crippen LogP contribution in [0.4, 0.5) is 4.79 Å². The predicted octanol–water partition coefficient (Wildman–Crippen LogP) is 5.50. The Hall–Kier alpha value is -4.69. The largest absolute Gasteiger partial charge is 0.361 e. The zero-order valence-electron chi connectivity index (χ0n) is 21.3. The van der Waals surface area contributed by atoms with E-state index in [0.29, 0.717) is 19.4 Å². The molecule has 7 nitrogen and oxygen atoms in total. The number of aromatic amines is 1. The number of carbonyl (C=O) groups excluding carboxylic acids is 2. The van der Waals surface area contributed by atoms with Crippen LogP contribution in [-0.4, -0.2) is 35.7 Å². The minimum absolute atomic E-state index is 0.250. The van der Waals surface area contributed by atoms with Crippen LogP contribution in [0.2, 0.25) is 0 Å². The first kappa shape index (κ1) is 25.9. The number of para-hydroxylation sites is 1. The van der Waals surface area contributed by atoms with Crippen molar-refractivity contribution in [2.24, 2.45) is 5.10 Å². The van der Waals surface area contributed by atoms with E-state index < -0.39 is 12.1 Å². The Morgan fingerprint density at radius 3 is 2.51 bits per heavy atom. The maximum atomic E-state index is 13.2. The fourth-order valence-corrected chi connectivity index (χ4v) is 5.09. The zero-order chi connectivity index (χ0) is 26.9. The number of benzene rings is 3. The third-order valence-electron chi connectivity index (χ3n) is 6.37. The highest BCUT2D eigenvalue weighted by Crippen LogP contribution is 2.24. The molecule has 0 aliphatic carbocycles. The number of fused-ring (bicyclic) bond motifs is 1. The molecule has 2 aromatic heterocycles. The zero-order valence-corrected chi connectivity index (χ0v) is 22.1. The summed E-state index contributed by atoms with van der Waals surface area (Å²) in [5.74, 6) is -0.250. The molecule has 0 aliphatic rings. The molecule has 3 amide bonds. The molecule has 8 heteroatoms. The molecule has 1 atom stereocenters. The van der Waals surface area contributed by atoms with Crippen LogP contribution < -0.4 is 16.1 Å². The van der Waals surface area contributed by atoms with Crippen molar-refractivity contribution in [3.05, 3.63) is 119 Å². The molecule has 4 N–H and O–H groups in total. The molecule has 0 spiro atoms. The van der Waals surface area contributed by atoms with E-state index in [1.165, 1.54) is 4.88 Å². The normalized spacial score (nSPS) is 11.9. The average Bonchev–Trinajstić information content (AvgIpc) is 3.65. The Bertz CT molecular complexity index is 1540. The van der Waals surface area contributed by atoms with Crippen molar-refractivity contribution in [1.82, 2.24) is 21.0 Å². The number of H-pyrrole nitrogens is 1. The second kappa shape index (κ2) is 12.7. The summed E-state index contributed by atoms with van der Waals surface area (Å²) in [6, 6.07) is 28.5. The molecule has 0 unspecified atom stereocenters. The van der Waals surface area contributed by atoms with Crippen molar-refractivity contribution >= 4 is 40.4 Å². The van der Waals surface area contributed by atoms with Crippen molar-refractivity contribution in [2.75, 3.05) is 6.54 Å². The van der Waals surface area contributed by atoms with Crippen LogP contribution in [0.25, 0.3) is 21.3 Å². The second-order valence-corrected chi connectivity index (χ2v) is 10.0. The average molecular weight is 536 g/mol. The number of nitrogens with one attached hydrogen (secondary N) is 4. The first-order chi connectivity index (χ1) is 19.2. The third kappa shape index (κ3) is 7.00. The van der Waals surface area contributed by atoms with Gasteiger partial charge in [0.2, 0.25) is 5.91 Å². The number of carbonyl (C=O) groups is 2. The van der Waals surface area contributed by atoms with E-state index in [0.717, 1.165) is 33.2 Å². The number of hydrogen-bond acceptors (Lipinski definition) is 4. The summed E-state index contributed by atoms with van der Waals surface area (Å²) < 4.78 is 0. The number of nitrogens with zero attached hydrogens (tertiary/aromatic N) is 1. The lowest BCUT2D eigenvalue weighted by Gasteiger charge is -2.18. The number of urea groups is 1. The van der Waals surface area contributed by atoms with Crippen molar-refractivity contribution in [3.63, 3.8) is 0 Å². The summed E-state index contributed by atoms with van der Waals surface area (Å²) >= 11 is 1.68. The SMILES string of the molecule is O=C(N/N=C/c1ccc(-c2cccs2)cc1)N[C@H](Cc1c[nH]c2ccccc12)C(=O)NCCc1ccccc1. The Labute approximate surface area is 231 Å². The minimum atomic E-state index is -0.778. The van der Waals surface area contributed by atoms with Crippen molar-refractivity contribution in [2.45, 2.75) is 18.9 Å². The molecule has 3 aromatic carbocycles. The van der Waals surface area contributed by atoms with Crippen LogP contribution in [0.3, 0.4) is 0 Å². The van der Waals surface area contributed by atoms with Gasteiger partial charge in [-0.3, -0.25) is 4.79 Å². The van der Waals surface area contributed by atoms with Crippen LogP contribution in [0.1, 0.15) is 16.7 Å². The van der Waals surface area contributed by atoms with E-state index in [1.807, 2.05) is 96.5 Å². The topological polar surface area (TPSA) is 98.4 Å². The first-order valence-electron chi connectivity index (χ1n) is 12.8. The lowest BCUT2D eigenvalue weighted by atomic mass is 10.0. The Balaban J connectivity index is 1.21. The minimum Gasteiger partial charge on any atom is -0.361 e. The molecule has 0 radical (unpaired) electrons. The van der Waals surface area contributed by atoms with Gasteiger partial charge in [0.15, 0.2) is 0 Å². The summed E-state index contributed by atoms with van der Waals surface area (Å²) in [5.41, 5.74) is 7.54. The molecule has 5 aromatic rings. The van der Waals surface area contributed by atoms with E-state index in [2.05, 4.69) is 32.2 Å². The van der Waals surface area contributed by atoms with Gasteiger partial charge in [0.25, 0.3) is 0 Å². The van der Waals surface area contributed by atoms with Crippen molar-refractivity contribution in [1.29, 1.82) is 0 Å². The highest BCUT2D eigenvalue weighted by Gasteiger charge is 2.22. The van der Waals surface area contributed by atoms with Crippen molar-refractivity contribution in [3.8, 4) is 10.4 Å². The van der Waals surface area contributed by atoms with E-state index >= 15 is 0 Å². The maximum Gasteiger partial charge on any atom is 0.335 e. The molecule has 2 heterocycles. The monoisotopic (exact) mass is 535 g/mol. The van der Waals surface area contributed by atoms with Gasteiger partial charge in [-0.2, -0.15) is 5.10 Å². The molecule has 196 valence electrons. The summed E-state index contributed by atoms with van der Waals surface area (Å²) in [6.07, 6.45) is 4.50. The van der Waals surface area contributed by atoms with Crippen LogP contribution in [0.5, 0.6) is 0 Å². The van der Waals surface area contributed by atoms with Gasteiger partial charge in [-0.25, -0.2) is 10.2 Å². The molecule has 0 fully saturated rings. The standard InChI is InChI=1S/C31H29N5O2S/c37-30(32-17-16-22-7-2-1-3-8-22)28(19-25-21-33-27-10-5-4-9-26(25)27)35-31(38)36-34-20-23-12-14-24(15-13-23)29-11-6-18-39-29/h1-15,18,20-21,28,33H,16-17,19H2,(H,32,37)(H2,35,36,38)/b34-20+/t28-/m1/s1. The Kier molecular flexibility index (Phi) is 8.45. The molecular formula is C31H29N5O2S. The molecule has 5 rings (SSSR count). The fraction of sp³-hybridized carbons (Fsp3) is 0.129. The van der Waals surface area contributed by atoms with Crippen LogP contribution >= 0.6 is 11.3 Å². The Morgan fingerprint density at radius 1 is 0.923 bits per heavy atom. The van der Waals surface area contributed by atoms with Gasteiger partial charge in [0, 0.05) is 34.9 Å². The Morgan fingerprint density at radius 2 is 1.72 bits per heavy atom. The molecule has 0 bridgehead atoms. The molecule has 39 heavy (non-hydrogen) atoms. The van der Waals surface area contributed by atoms with Gasteiger partial charge in [-0.05, 0) is 46.2 Å². The molecular weight excluding hydrogens is 506 g/mol. The number of thiophene rings is 1. The maximum absolute atomic E-state index is 13.2. The van der Waals surface area contributed by atoms with Gasteiger partial charge in [-0.15, -0.1) is 11.3 Å². The second-order valence-electron chi connectivity index (χ2n) is 9.09. The van der Waals surface area contributed by atoms with Crippen molar-refractivity contribution < 1.29 is 9.59 Å². The number of hydrogen-bond donors (Lipinski definition) is 4. The number of hydrazone groups is 1. The summed E-state index contributed by atoms with van der Waals surface area (Å²) in [6.45, 7) is 0.468. The van der Waals surface area contributed by atoms with Crippen LogP contribution in [-0.2, 0) is 17.6 Å². The molecule has 0 aliphatic heterocycles. The van der Waals surface area contributed by atoms with E-state index in [-0.39, 0.29) is 5.91 Å². The van der Waals surface area contributed by atoms with Crippen LogP contribution in [0, 0.1) is 0 Å².